The normalized spacial score (nSPS) is 18.1. The van der Waals surface area contributed by atoms with Crippen molar-refractivity contribution in [1.82, 2.24) is 19.4 Å². The van der Waals surface area contributed by atoms with Crippen molar-refractivity contribution in [2.24, 2.45) is 0 Å². The molecule has 0 aliphatic carbocycles. The number of nitrogens with one attached hydrogen (secondary N) is 1. The molecule has 52 heavy (non-hydrogen) atoms. The van der Waals surface area contributed by atoms with Gasteiger partial charge >= 0.3 is 5.69 Å². The minimum atomic E-state index is -1.68. The van der Waals surface area contributed by atoms with E-state index in [1.165, 1.54) is 0 Å². The van der Waals surface area contributed by atoms with Gasteiger partial charge in [0.2, 0.25) is 0 Å². The number of benzene rings is 3. The second kappa shape index (κ2) is 17.9. The minimum absolute atomic E-state index is 0.0109. The fourth-order valence-electron chi connectivity index (χ4n) is 6.37. The quantitative estimate of drug-likeness (QED) is 0.0785. The molecule has 13 nitrogen and oxygen atoms in total. The van der Waals surface area contributed by atoms with E-state index in [4.69, 9.17) is 28.0 Å². The summed E-state index contributed by atoms with van der Waals surface area (Å²) in [6, 6.07) is 27.6. The molecule has 5 rings (SSSR count). The lowest BCUT2D eigenvalue weighted by atomic mass is 9.80. The molecule has 14 heteroatoms. The Kier molecular flexibility index (Phi) is 13.3. The number of methoxy groups -OCH3 is 2. The summed E-state index contributed by atoms with van der Waals surface area (Å²) in [4.78, 5) is 27.1. The van der Waals surface area contributed by atoms with Crippen LogP contribution in [-0.4, -0.2) is 71.2 Å². The summed E-state index contributed by atoms with van der Waals surface area (Å²) in [5.74, 6) is 1.39. The second-order valence-corrected chi connectivity index (χ2v) is 14.2. The summed E-state index contributed by atoms with van der Waals surface area (Å²) < 4.78 is 41.0. The Labute approximate surface area is 305 Å². The smallest absolute Gasteiger partial charge is 0.347 e. The highest BCUT2D eigenvalue weighted by atomic mass is 31.2. The van der Waals surface area contributed by atoms with Gasteiger partial charge in [0.15, 0.2) is 6.23 Å². The number of hydrogen-bond donors (Lipinski definition) is 1. The van der Waals surface area contributed by atoms with Gasteiger partial charge in [-0.2, -0.15) is 15.0 Å². The predicted molar refractivity (Wildman–Crippen MR) is 196 cm³/mol. The first kappa shape index (κ1) is 38.8. The van der Waals surface area contributed by atoms with Crippen LogP contribution < -0.4 is 20.7 Å². The van der Waals surface area contributed by atoms with Crippen LogP contribution in [0.4, 0.5) is 0 Å². The van der Waals surface area contributed by atoms with Crippen LogP contribution in [-0.2, 0) is 24.1 Å². The predicted octanol–water partition coefficient (Wildman–Crippen LogP) is 5.91. The van der Waals surface area contributed by atoms with Gasteiger partial charge in [-0.15, -0.1) is 0 Å². The van der Waals surface area contributed by atoms with Crippen LogP contribution in [0.5, 0.6) is 11.5 Å². The number of hydrogen-bond acceptors (Lipinski definition) is 11. The van der Waals surface area contributed by atoms with Crippen LogP contribution in [0.2, 0.25) is 0 Å². The molecule has 4 aromatic rings. The van der Waals surface area contributed by atoms with Crippen LogP contribution in [0.1, 0.15) is 63.5 Å². The van der Waals surface area contributed by atoms with Crippen molar-refractivity contribution in [3.05, 3.63) is 123 Å². The molecule has 1 aliphatic heterocycles. The summed E-state index contributed by atoms with van der Waals surface area (Å²) in [7, 11) is 1.56. The molecular weight excluding hydrogens is 685 g/mol. The zero-order valence-corrected chi connectivity index (χ0v) is 31.2. The lowest BCUT2D eigenvalue weighted by Gasteiger charge is -2.39. The summed E-state index contributed by atoms with van der Waals surface area (Å²) in [6.45, 7) is 8.43. The van der Waals surface area contributed by atoms with E-state index < -0.39 is 43.8 Å². The van der Waals surface area contributed by atoms with Gasteiger partial charge in [-0.1, -0.05) is 54.6 Å². The first-order chi connectivity index (χ1) is 25.1. The monoisotopic (exact) mass is 731 g/mol. The second-order valence-electron chi connectivity index (χ2n) is 12.8. The number of nitrogens with zero attached hydrogens (tertiary/aromatic N) is 4. The van der Waals surface area contributed by atoms with Gasteiger partial charge < -0.3 is 28.0 Å². The van der Waals surface area contributed by atoms with Crippen molar-refractivity contribution in [3.8, 4) is 17.6 Å². The zero-order valence-electron chi connectivity index (χ0n) is 30.3. The molecule has 1 unspecified atom stereocenters. The molecule has 0 spiro atoms. The van der Waals surface area contributed by atoms with Crippen LogP contribution >= 0.6 is 8.53 Å². The van der Waals surface area contributed by atoms with E-state index in [1.807, 2.05) is 78.9 Å². The van der Waals surface area contributed by atoms with Crippen molar-refractivity contribution in [2.45, 2.75) is 76.7 Å². The van der Waals surface area contributed by atoms with Gasteiger partial charge in [0.05, 0.1) is 46.0 Å². The third-order valence-corrected chi connectivity index (χ3v) is 10.9. The minimum Gasteiger partial charge on any atom is -0.497 e. The SMILES string of the molecule is COc1ccc(C(OC[C@H]2O[C@@H](n3ncc(=O)[nH]c3=O)C[C@@H]2OP(OCCC#N)N(C(C)C)C(C)C)(c2ccccc2)c2ccc(OC)cc2)cc1. The van der Waals surface area contributed by atoms with E-state index in [9.17, 15) is 14.9 Å². The van der Waals surface area contributed by atoms with Crippen LogP contribution in [0.3, 0.4) is 0 Å². The highest BCUT2D eigenvalue weighted by Gasteiger charge is 2.45. The van der Waals surface area contributed by atoms with Gasteiger partial charge in [0.25, 0.3) is 14.1 Å². The first-order valence-corrected chi connectivity index (χ1v) is 18.3. The van der Waals surface area contributed by atoms with Crippen LogP contribution in [0, 0.1) is 11.3 Å². The van der Waals surface area contributed by atoms with E-state index in [1.54, 1.807) is 14.2 Å². The van der Waals surface area contributed by atoms with Gasteiger partial charge in [-0.3, -0.25) is 9.78 Å². The lowest BCUT2D eigenvalue weighted by molar-refractivity contribution is -0.0949. The Balaban J connectivity index is 1.59. The van der Waals surface area contributed by atoms with Gasteiger partial charge in [0, 0.05) is 18.5 Å². The molecule has 4 atom stereocenters. The Hall–Kier alpha value is -4.41. The van der Waals surface area contributed by atoms with E-state index in [0.717, 1.165) is 27.6 Å². The first-order valence-electron chi connectivity index (χ1n) is 17.2. The fraction of sp³-hybridized carbons (Fsp3) is 0.421. The topological polar surface area (TPSA) is 150 Å². The van der Waals surface area contributed by atoms with Gasteiger partial charge in [-0.05, 0) is 68.7 Å². The Bertz CT molecular complexity index is 1820. The van der Waals surface area contributed by atoms with E-state index in [2.05, 4.69) is 48.5 Å². The summed E-state index contributed by atoms with van der Waals surface area (Å²) >= 11 is 0. The average Bonchev–Trinajstić information content (AvgIpc) is 3.54. The molecule has 0 saturated carbocycles. The molecular formula is C38H46N5O8P. The number of H-pyrrole nitrogens is 1. The van der Waals surface area contributed by atoms with E-state index >= 15 is 0 Å². The third kappa shape index (κ3) is 8.78. The highest BCUT2D eigenvalue weighted by molar-refractivity contribution is 7.44. The number of aromatic nitrogens is 3. The van der Waals surface area contributed by atoms with Gasteiger partial charge in [0.1, 0.15) is 29.4 Å². The maximum absolute atomic E-state index is 12.9. The summed E-state index contributed by atoms with van der Waals surface area (Å²) in [5, 5.41) is 13.4. The van der Waals surface area contributed by atoms with Gasteiger partial charge in [-0.25, -0.2) is 9.46 Å². The van der Waals surface area contributed by atoms with Crippen molar-refractivity contribution in [2.75, 3.05) is 27.4 Å². The van der Waals surface area contributed by atoms with Crippen LogP contribution in [0.15, 0.2) is 94.6 Å². The molecule has 276 valence electrons. The van der Waals surface area contributed by atoms with Crippen molar-refractivity contribution < 1.29 is 28.0 Å². The van der Waals surface area contributed by atoms with Crippen LogP contribution in [0.25, 0.3) is 0 Å². The fourth-order valence-corrected chi connectivity index (χ4v) is 8.13. The molecule has 1 aromatic heterocycles. The Morgan fingerprint density at radius 3 is 2.04 bits per heavy atom. The third-order valence-electron chi connectivity index (χ3n) is 8.72. The Morgan fingerprint density at radius 2 is 1.52 bits per heavy atom. The van der Waals surface area contributed by atoms with Crippen molar-refractivity contribution >= 4 is 8.53 Å². The molecule has 0 amide bonds. The maximum atomic E-state index is 12.9. The van der Waals surface area contributed by atoms with Crippen molar-refractivity contribution in [3.63, 3.8) is 0 Å². The standard InChI is InChI=1S/C38H46N5O8P/c1-26(2)43(27(3)4)52(49-22-10-21-39)51-33-23-36(42-37(45)41-35(44)24-40-42)50-34(33)25-48-38(28-11-8-7-9-12-28,29-13-17-31(46-5)18-14-29)30-15-19-32(47-6)20-16-30/h7-9,11-20,24,26-27,33-34,36H,10,22-23,25H2,1-6H3,(H,41,44,45)/t33-,34+,36+,52?/m0/s1. The molecule has 3 aromatic carbocycles. The number of rotatable bonds is 17. The lowest BCUT2D eigenvalue weighted by Crippen LogP contribution is -2.39. The highest BCUT2D eigenvalue weighted by Crippen LogP contribution is 2.50. The molecule has 1 aliphatic rings. The Morgan fingerprint density at radius 1 is 0.942 bits per heavy atom. The molecule has 1 saturated heterocycles. The molecule has 1 N–H and O–H groups in total. The number of nitriles is 1. The number of aromatic amines is 1. The summed E-state index contributed by atoms with van der Waals surface area (Å²) in [5.41, 5.74) is 0.0771. The summed E-state index contributed by atoms with van der Waals surface area (Å²) in [6.07, 6.45) is -0.799. The van der Waals surface area contributed by atoms with Crippen molar-refractivity contribution in [1.29, 1.82) is 5.26 Å². The van der Waals surface area contributed by atoms with E-state index in [0.29, 0.717) is 11.5 Å². The number of ether oxygens (including phenoxy) is 4. The zero-order chi connectivity index (χ0) is 37.3. The maximum Gasteiger partial charge on any atom is 0.347 e. The molecule has 1 fully saturated rings. The van der Waals surface area contributed by atoms with E-state index in [-0.39, 0.29) is 38.1 Å². The molecule has 0 bridgehead atoms. The largest absolute Gasteiger partial charge is 0.497 e. The average molecular weight is 732 g/mol. The molecule has 0 radical (unpaired) electrons. The molecule has 2 heterocycles.